The van der Waals surface area contributed by atoms with Gasteiger partial charge in [0.1, 0.15) is 22.9 Å². The minimum absolute atomic E-state index is 0.293. The zero-order chi connectivity index (χ0) is 19.7. The van der Waals surface area contributed by atoms with Crippen molar-refractivity contribution in [2.45, 2.75) is 11.5 Å². The van der Waals surface area contributed by atoms with Gasteiger partial charge in [-0.2, -0.15) is 5.10 Å². The Morgan fingerprint density at radius 2 is 1.71 bits per heavy atom. The molecule has 1 aliphatic rings. The second-order valence-corrected chi connectivity index (χ2v) is 7.70. The molecule has 1 atom stereocenters. The second-order valence-electron chi connectivity index (χ2n) is 6.24. The van der Waals surface area contributed by atoms with Crippen LogP contribution in [-0.4, -0.2) is 34.1 Å². The summed E-state index contributed by atoms with van der Waals surface area (Å²) in [4.78, 5) is 13.1. The third-order valence-corrected chi connectivity index (χ3v) is 5.76. The van der Waals surface area contributed by atoms with Crippen LogP contribution in [0, 0.1) is 0 Å². The van der Waals surface area contributed by atoms with E-state index in [-0.39, 0.29) is 5.91 Å². The molecule has 7 nitrogen and oxygen atoms in total. The number of hydrogen-bond donors (Lipinski definition) is 1. The van der Waals surface area contributed by atoms with Crippen LogP contribution in [0.2, 0.25) is 0 Å². The summed E-state index contributed by atoms with van der Waals surface area (Å²) in [6.07, 6.45) is 0. The number of anilines is 1. The Bertz CT molecular complexity index is 1040. The van der Waals surface area contributed by atoms with Crippen LogP contribution in [-0.2, 0) is 22.3 Å². The Balaban J connectivity index is 1.79. The van der Waals surface area contributed by atoms with Gasteiger partial charge < -0.3 is 14.8 Å². The molecule has 4 rings (SSSR count). The fraction of sp³-hybridized carbons (Fsp3) is 0.200. The number of para-hydroxylation sites is 1. The molecule has 0 spiro atoms. The van der Waals surface area contributed by atoms with E-state index in [0.717, 1.165) is 16.9 Å². The molecule has 1 N–H and O–H groups in total. The fourth-order valence-electron chi connectivity index (χ4n) is 3.26. The zero-order valence-electron chi connectivity index (χ0n) is 15.5. The molecule has 0 bridgehead atoms. The van der Waals surface area contributed by atoms with Crippen molar-refractivity contribution in [3.8, 4) is 17.2 Å². The van der Waals surface area contributed by atoms with Crippen LogP contribution in [0.4, 0.5) is 5.82 Å². The Hall–Kier alpha value is -3.13. The number of carbonyl (C=O) groups is 1. The number of nitrogens with one attached hydrogen (secondary N) is 1. The molecule has 1 amide bonds. The number of benzene rings is 2. The summed E-state index contributed by atoms with van der Waals surface area (Å²) in [6.45, 7) is 0. The van der Waals surface area contributed by atoms with Gasteiger partial charge in [-0.3, -0.25) is 9.00 Å². The largest absolute Gasteiger partial charge is 0.496 e. The number of nitrogens with zero attached hydrogens (tertiary/aromatic N) is 2. The number of methoxy groups -OCH3 is 2. The van der Waals surface area contributed by atoms with E-state index in [1.54, 1.807) is 22.9 Å². The van der Waals surface area contributed by atoms with Gasteiger partial charge in [-0.25, -0.2) is 4.68 Å². The lowest BCUT2D eigenvalue weighted by atomic mass is 10.1. The highest BCUT2D eigenvalue weighted by atomic mass is 32.2. The van der Waals surface area contributed by atoms with Gasteiger partial charge in [0.15, 0.2) is 0 Å². The molecule has 2 heterocycles. The molecule has 1 aliphatic heterocycles. The Morgan fingerprint density at radius 3 is 2.36 bits per heavy atom. The van der Waals surface area contributed by atoms with Crippen molar-refractivity contribution >= 4 is 22.5 Å². The van der Waals surface area contributed by atoms with Crippen molar-refractivity contribution in [3.63, 3.8) is 0 Å². The zero-order valence-corrected chi connectivity index (χ0v) is 16.3. The van der Waals surface area contributed by atoms with Crippen molar-refractivity contribution in [3.05, 3.63) is 65.4 Å². The minimum atomic E-state index is -1.01. The first-order valence-corrected chi connectivity index (χ1v) is 10.1. The molecule has 28 heavy (non-hydrogen) atoms. The van der Waals surface area contributed by atoms with Crippen molar-refractivity contribution < 1.29 is 18.5 Å². The smallest absolute Gasteiger partial charge is 0.264 e. The normalized spacial score (nSPS) is 15.1. The first-order chi connectivity index (χ1) is 13.6. The van der Waals surface area contributed by atoms with E-state index in [0.29, 0.717) is 34.4 Å². The van der Waals surface area contributed by atoms with E-state index >= 15 is 0 Å². The molecular weight excluding hydrogens is 378 g/mol. The number of carbonyl (C=O) groups excluding carboxylic acids is 1. The van der Waals surface area contributed by atoms with Crippen LogP contribution in [0.1, 0.15) is 21.6 Å². The Morgan fingerprint density at radius 1 is 1.04 bits per heavy atom. The van der Waals surface area contributed by atoms with E-state index in [1.807, 2.05) is 30.3 Å². The van der Waals surface area contributed by atoms with Crippen LogP contribution in [0.3, 0.4) is 0 Å². The molecule has 0 saturated heterocycles. The first kappa shape index (κ1) is 18.2. The van der Waals surface area contributed by atoms with Gasteiger partial charge in [0, 0.05) is 16.4 Å². The van der Waals surface area contributed by atoms with Gasteiger partial charge in [-0.05, 0) is 24.3 Å². The molecule has 2 aromatic carbocycles. The highest BCUT2D eigenvalue weighted by molar-refractivity contribution is 7.83. The predicted octanol–water partition coefficient (Wildman–Crippen LogP) is 2.90. The van der Waals surface area contributed by atoms with Gasteiger partial charge in [-0.15, -0.1) is 0 Å². The maximum Gasteiger partial charge on any atom is 0.264 e. The molecule has 0 radical (unpaired) electrons. The highest BCUT2D eigenvalue weighted by Gasteiger charge is 2.29. The van der Waals surface area contributed by atoms with E-state index in [4.69, 9.17) is 9.47 Å². The third-order valence-electron chi connectivity index (χ3n) is 4.56. The lowest BCUT2D eigenvalue weighted by Gasteiger charge is -2.15. The van der Waals surface area contributed by atoms with E-state index in [1.165, 1.54) is 14.2 Å². The quantitative estimate of drug-likeness (QED) is 0.716. The van der Waals surface area contributed by atoms with Crippen LogP contribution >= 0.6 is 0 Å². The molecule has 1 unspecified atom stereocenters. The van der Waals surface area contributed by atoms with Gasteiger partial charge in [0.2, 0.25) is 0 Å². The molecule has 1 aromatic heterocycles. The molecule has 0 fully saturated rings. The van der Waals surface area contributed by atoms with Crippen molar-refractivity contribution in [2.75, 3.05) is 19.5 Å². The van der Waals surface area contributed by atoms with Crippen molar-refractivity contribution in [2.24, 2.45) is 0 Å². The van der Waals surface area contributed by atoms with E-state index in [9.17, 15) is 9.00 Å². The summed E-state index contributed by atoms with van der Waals surface area (Å²) in [7, 11) is 1.99. The van der Waals surface area contributed by atoms with Gasteiger partial charge in [0.05, 0.1) is 37.1 Å². The van der Waals surface area contributed by atoms with Gasteiger partial charge in [0.25, 0.3) is 5.91 Å². The topological polar surface area (TPSA) is 82.4 Å². The minimum Gasteiger partial charge on any atom is -0.496 e. The van der Waals surface area contributed by atoms with Crippen LogP contribution in [0.15, 0.2) is 48.5 Å². The van der Waals surface area contributed by atoms with Gasteiger partial charge >= 0.3 is 0 Å². The van der Waals surface area contributed by atoms with Crippen LogP contribution in [0.5, 0.6) is 11.5 Å². The standard InChI is InChI=1S/C20H19N3O4S/c1-26-16-9-6-10-17(27-2)18(16)20(24)21-19-14-11-28(25)12-15(14)22-23(19)13-7-4-3-5-8-13/h3-10H,11-12H2,1-2H3,(H,21,24). The molecule has 3 aromatic rings. The average molecular weight is 397 g/mol. The maximum atomic E-state index is 13.1. The highest BCUT2D eigenvalue weighted by Crippen LogP contribution is 2.34. The number of ether oxygens (including phenoxy) is 2. The molecule has 8 heteroatoms. The number of fused-ring (bicyclic) bond motifs is 1. The Labute approximate surface area is 164 Å². The first-order valence-electron chi connectivity index (χ1n) is 8.66. The molecule has 144 valence electrons. The summed E-state index contributed by atoms with van der Waals surface area (Å²) in [5.74, 6) is 1.69. The molecule has 0 saturated carbocycles. The SMILES string of the molecule is COc1cccc(OC)c1C(=O)Nc1c2c(nn1-c1ccccc1)CS(=O)C2. The lowest BCUT2D eigenvalue weighted by molar-refractivity contribution is 0.102. The Kier molecular flexibility index (Phi) is 4.87. The van der Waals surface area contributed by atoms with Crippen molar-refractivity contribution in [1.29, 1.82) is 0 Å². The average Bonchev–Trinajstić information content (AvgIpc) is 3.24. The number of rotatable bonds is 5. The summed E-state index contributed by atoms with van der Waals surface area (Å²) in [6, 6.07) is 14.7. The van der Waals surface area contributed by atoms with Crippen LogP contribution < -0.4 is 14.8 Å². The predicted molar refractivity (Wildman–Crippen MR) is 107 cm³/mol. The summed E-state index contributed by atoms with van der Waals surface area (Å²) < 4.78 is 24.4. The monoisotopic (exact) mass is 397 g/mol. The van der Waals surface area contributed by atoms with Crippen molar-refractivity contribution in [1.82, 2.24) is 9.78 Å². The van der Waals surface area contributed by atoms with E-state index < -0.39 is 10.8 Å². The fourth-order valence-corrected chi connectivity index (χ4v) is 4.52. The molecular formula is C20H19N3O4S. The maximum absolute atomic E-state index is 13.1. The number of aromatic nitrogens is 2. The lowest BCUT2D eigenvalue weighted by Crippen LogP contribution is -2.18. The number of amides is 1. The third kappa shape index (κ3) is 3.16. The summed E-state index contributed by atoms with van der Waals surface area (Å²) in [5, 5.41) is 7.53. The van der Waals surface area contributed by atoms with Gasteiger partial charge in [-0.1, -0.05) is 24.3 Å². The summed E-state index contributed by atoms with van der Waals surface area (Å²) >= 11 is 0. The summed E-state index contributed by atoms with van der Waals surface area (Å²) in [5.41, 5.74) is 2.64. The number of hydrogen-bond acceptors (Lipinski definition) is 5. The van der Waals surface area contributed by atoms with Crippen LogP contribution in [0.25, 0.3) is 5.69 Å². The second kappa shape index (κ2) is 7.47. The van der Waals surface area contributed by atoms with E-state index in [2.05, 4.69) is 10.4 Å². The molecule has 0 aliphatic carbocycles.